The van der Waals surface area contributed by atoms with E-state index in [2.05, 4.69) is 24.1 Å². The standard InChI is InChI=1S/C11H24N2O3S/c1-3-13(4-2)7-5-6-12-10-8-17(15,16)9-11(10)14/h10-12,14H,3-9H2,1-2H3/t10-,11-/m1/s1. The molecule has 1 saturated heterocycles. The predicted octanol–water partition coefficient (Wildman–Crippen LogP) is -0.534. The predicted molar refractivity (Wildman–Crippen MR) is 68.9 cm³/mol. The third-order valence-corrected chi connectivity index (χ3v) is 4.99. The molecule has 2 atom stereocenters. The zero-order chi connectivity index (χ0) is 12.9. The van der Waals surface area contributed by atoms with E-state index in [4.69, 9.17) is 0 Å². The summed E-state index contributed by atoms with van der Waals surface area (Å²) in [5.41, 5.74) is 0. The Hall–Kier alpha value is -0.170. The van der Waals surface area contributed by atoms with E-state index < -0.39 is 15.9 Å². The first kappa shape index (κ1) is 14.9. The maximum atomic E-state index is 11.3. The summed E-state index contributed by atoms with van der Waals surface area (Å²) in [4.78, 5) is 2.32. The maximum Gasteiger partial charge on any atom is 0.154 e. The van der Waals surface area contributed by atoms with E-state index in [-0.39, 0.29) is 17.5 Å². The van der Waals surface area contributed by atoms with Crippen LogP contribution in [-0.2, 0) is 9.84 Å². The lowest BCUT2D eigenvalue weighted by molar-refractivity contribution is 0.165. The second-order valence-electron chi connectivity index (χ2n) is 4.59. The van der Waals surface area contributed by atoms with Gasteiger partial charge in [0, 0.05) is 6.04 Å². The fraction of sp³-hybridized carbons (Fsp3) is 1.00. The van der Waals surface area contributed by atoms with Crippen molar-refractivity contribution < 1.29 is 13.5 Å². The lowest BCUT2D eigenvalue weighted by Gasteiger charge is -2.19. The fourth-order valence-corrected chi connectivity index (χ4v) is 3.93. The molecule has 0 aromatic heterocycles. The first-order valence-electron chi connectivity index (χ1n) is 6.32. The molecule has 1 aliphatic rings. The average molecular weight is 264 g/mol. The van der Waals surface area contributed by atoms with Crippen LogP contribution in [0.3, 0.4) is 0 Å². The topological polar surface area (TPSA) is 69.6 Å². The molecule has 0 spiro atoms. The fourth-order valence-electron chi connectivity index (χ4n) is 2.15. The number of sulfone groups is 1. The van der Waals surface area contributed by atoms with Crippen molar-refractivity contribution >= 4 is 9.84 Å². The van der Waals surface area contributed by atoms with Crippen LogP contribution in [0.4, 0.5) is 0 Å². The molecule has 1 rings (SSSR count). The number of hydrogen-bond donors (Lipinski definition) is 2. The smallest absolute Gasteiger partial charge is 0.154 e. The van der Waals surface area contributed by atoms with Gasteiger partial charge < -0.3 is 15.3 Å². The summed E-state index contributed by atoms with van der Waals surface area (Å²) in [5, 5.41) is 12.7. The van der Waals surface area contributed by atoms with Crippen LogP contribution in [0.5, 0.6) is 0 Å². The number of nitrogens with zero attached hydrogens (tertiary/aromatic N) is 1. The Balaban J connectivity index is 2.19. The second kappa shape index (κ2) is 6.68. The molecule has 0 aromatic carbocycles. The average Bonchev–Trinajstić information content (AvgIpc) is 2.52. The molecule has 0 radical (unpaired) electrons. The van der Waals surface area contributed by atoms with Crippen LogP contribution in [0, 0.1) is 0 Å². The van der Waals surface area contributed by atoms with E-state index in [1.807, 2.05) is 0 Å². The normalized spacial score (nSPS) is 27.8. The van der Waals surface area contributed by atoms with Gasteiger partial charge in [0.1, 0.15) is 0 Å². The highest BCUT2D eigenvalue weighted by Gasteiger charge is 2.35. The van der Waals surface area contributed by atoms with Gasteiger partial charge in [0.25, 0.3) is 0 Å². The van der Waals surface area contributed by atoms with Crippen molar-refractivity contribution in [1.29, 1.82) is 0 Å². The zero-order valence-electron chi connectivity index (χ0n) is 10.7. The Bertz CT molecular complexity index is 315. The molecule has 17 heavy (non-hydrogen) atoms. The van der Waals surface area contributed by atoms with Gasteiger partial charge in [-0.1, -0.05) is 13.8 Å². The molecule has 1 fully saturated rings. The second-order valence-corrected chi connectivity index (χ2v) is 6.74. The van der Waals surface area contributed by atoms with Crippen LogP contribution >= 0.6 is 0 Å². The molecule has 0 aromatic rings. The van der Waals surface area contributed by atoms with Crippen molar-refractivity contribution in [3.63, 3.8) is 0 Å². The Labute approximate surface area is 104 Å². The van der Waals surface area contributed by atoms with E-state index in [9.17, 15) is 13.5 Å². The minimum Gasteiger partial charge on any atom is -0.390 e. The molecular weight excluding hydrogens is 240 g/mol. The third kappa shape index (κ3) is 4.91. The third-order valence-electron chi connectivity index (χ3n) is 3.27. The van der Waals surface area contributed by atoms with E-state index in [1.54, 1.807) is 0 Å². The Morgan fingerprint density at radius 3 is 2.41 bits per heavy atom. The van der Waals surface area contributed by atoms with Gasteiger partial charge in [-0.15, -0.1) is 0 Å². The van der Waals surface area contributed by atoms with Crippen LogP contribution in [0.15, 0.2) is 0 Å². The number of hydrogen-bond acceptors (Lipinski definition) is 5. The summed E-state index contributed by atoms with van der Waals surface area (Å²) in [6, 6.07) is -0.281. The molecule has 5 nitrogen and oxygen atoms in total. The molecule has 2 N–H and O–H groups in total. The number of nitrogens with one attached hydrogen (secondary N) is 1. The van der Waals surface area contributed by atoms with Crippen LogP contribution < -0.4 is 5.32 Å². The quantitative estimate of drug-likeness (QED) is 0.605. The number of rotatable bonds is 7. The SMILES string of the molecule is CCN(CC)CCCN[C@@H]1CS(=O)(=O)C[C@H]1O. The van der Waals surface area contributed by atoms with Gasteiger partial charge in [-0.2, -0.15) is 0 Å². The molecule has 102 valence electrons. The van der Waals surface area contributed by atoms with Gasteiger partial charge in [0.2, 0.25) is 0 Å². The van der Waals surface area contributed by atoms with Gasteiger partial charge in [-0.05, 0) is 32.6 Å². The molecule has 0 saturated carbocycles. The number of aliphatic hydroxyl groups excluding tert-OH is 1. The van der Waals surface area contributed by atoms with Crippen LogP contribution in [0.25, 0.3) is 0 Å². The molecule has 0 bridgehead atoms. The molecule has 1 heterocycles. The van der Waals surface area contributed by atoms with Gasteiger partial charge in [0.05, 0.1) is 17.6 Å². The van der Waals surface area contributed by atoms with Crippen LogP contribution in [0.2, 0.25) is 0 Å². The van der Waals surface area contributed by atoms with Crippen LogP contribution in [-0.4, -0.2) is 68.3 Å². The lowest BCUT2D eigenvalue weighted by atomic mass is 10.2. The van der Waals surface area contributed by atoms with E-state index in [1.165, 1.54) is 0 Å². The van der Waals surface area contributed by atoms with Crippen molar-refractivity contribution in [3.8, 4) is 0 Å². The zero-order valence-corrected chi connectivity index (χ0v) is 11.5. The van der Waals surface area contributed by atoms with Crippen molar-refractivity contribution in [1.82, 2.24) is 10.2 Å². The maximum absolute atomic E-state index is 11.3. The lowest BCUT2D eigenvalue weighted by Crippen LogP contribution is -2.40. The van der Waals surface area contributed by atoms with Crippen molar-refractivity contribution in [2.24, 2.45) is 0 Å². The summed E-state index contributed by atoms with van der Waals surface area (Å²) in [6.45, 7) is 8.10. The minimum atomic E-state index is -3.03. The summed E-state index contributed by atoms with van der Waals surface area (Å²) < 4.78 is 22.6. The van der Waals surface area contributed by atoms with E-state index >= 15 is 0 Å². The van der Waals surface area contributed by atoms with Gasteiger partial charge in [-0.3, -0.25) is 0 Å². The Kier molecular flexibility index (Phi) is 5.85. The highest BCUT2D eigenvalue weighted by molar-refractivity contribution is 7.91. The summed E-state index contributed by atoms with van der Waals surface area (Å²) in [7, 11) is -3.03. The minimum absolute atomic E-state index is 0.0689. The summed E-state index contributed by atoms with van der Waals surface area (Å²) in [5.74, 6) is -0.0276. The largest absolute Gasteiger partial charge is 0.390 e. The molecule has 1 aliphatic heterocycles. The Morgan fingerprint density at radius 1 is 1.29 bits per heavy atom. The van der Waals surface area contributed by atoms with Crippen molar-refractivity contribution in [3.05, 3.63) is 0 Å². The van der Waals surface area contributed by atoms with Crippen molar-refractivity contribution in [2.75, 3.05) is 37.7 Å². The van der Waals surface area contributed by atoms with E-state index in [0.717, 1.165) is 32.6 Å². The molecule has 6 heteroatoms. The Morgan fingerprint density at radius 2 is 1.94 bits per heavy atom. The highest BCUT2D eigenvalue weighted by atomic mass is 32.2. The van der Waals surface area contributed by atoms with Gasteiger partial charge in [0.15, 0.2) is 9.84 Å². The monoisotopic (exact) mass is 264 g/mol. The molecule has 0 unspecified atom stereocenters. The van der Waals surface area contributed by atoms with Gasteiger partial charge >= 0.3 is 0 Å². The van der Waals surface area contributed by atoms with Gasteiger partial charge in [-0.25, -0.2) is 8.42 Å². The molecular formula is C11H24N2O3S. The van der Waals surface area contributed by atoms with Crippen molar-refractivity contribution in [2.45, 2.75) is 32.4 Å². The summed E-state index contributed by atoms with van der Waals surface area (Å²) >= 11 is 0. The molecule has 0 amide bonds. The van der Waals surface area contributed by atoms with Crippen LogP contribution in [0.1, 0.15) is 20.3 Å². The highest BCUT2D eigenvalue weighted by Crippen LogP contribution is 2.12. The molecule has 0 aliphatic carbocycles. The van der Waals surface area contributed by atoms with E-state index in [0.29, 0.717) is 0 Å². The first-order valence-corrected chi connectivity index (χ1v) is 8.15. The first-order chi connectivity index (χ1) is 7.98. The summed E-state index contributed by atoms with van der Waals surface area (Å²) in [6.07, 6.45) is 0.235. The number of aliphatic hydroxyl groups is 1.